The topological polar surface area (TPSA) is 91.6 Å². The Morgan fingerprint density at radius 3 is 2.88 bits per heavy atom. The molecular formula is C16H18N6O2. The minimum atomic E-state index is -0.479. The molecule has 1 saturated carbocycles. The Kier molecular flexibility index (Phi) is 2.83. The maximum absolute atomic E-state index is 12.2. The number of carbonyl (C=O) groups excluding carboxylic acids is 2. The van der Waals surface area contributed by atoms with Gasteiger partial charge in [-0.1, -0.05) is 0 Å². The molecule has 0 radical (unpaired) electrons. The molecule has 124 valence electrons. The van der Waals surface area contributed by atoms with Crippen molar-refractivity contribution in [3.63, 3.8) is 0 Å². The van der Waals surface area contributed by atoms with Crippen molar-refractivity contribution in [2.45, 2.75) is 31.2 Å². The van der Waals surface area contributed by atoms with Crippen LogP contribution < -0.4 is 15.5 Å². The van der Waals surface area contributed by atoms with E-state index in [0.29, 0.717) is 11.7 Å². The monoisotopic (exact) mass is 326 g/mol. The van der Waals surface area contributed by atoms with E-state index >= 15 is 0 Å². The van der Waals surface area contributed by atoms with E-state index in [9.17, 15) is 9.59 Å². The third-order valence-corrected chi connectivity index (χ3v) is 5.56. The number of hydrogen-bond donors (Lipinski definition) is 2. The number of imide groups is 1. The lowest BCUT2D eigenvalue weighted by atomic mass is 9.80. The Morgan fingerprint density at radius 2 is 2.12 bits per heavy atom. The Bertz CT molecular complexity index is 846. The van der Waals surface area contributed by atoms with Crippen LogP contribution in [0.15, 0.2) is 18.5 Å². The number of anilines is 1. The fourth-order valence-corrected chi connectivity index (χ4v) is 4.14. The van der Waals surface area contributed by atoms with Gasteiger partial charge in [-0.25, -0.2) is 14.3 Å². The predicted molar refractivity (Wildman–Crippen MR) is 85.7 cm³/mol. The average Bonchev–Trinajstić information content (AvgIpc) is 3.10. The molecule has 5 rings (SSSR count). The van der Waals surface area contributed by atoms with E-state index in [-0.39, 0.29) is 12.5 Å². The van der Waals surface area contributed by atoms with Gasteiger partial charge in [0.05, 0.1) is 17.3 Å². The predicted octanol–water partition coefficient (Wildman–Crippen LogP) is 0.641. The van der Waals surface area contributed by atoms with Crippen LogP contribution >= 0.6 is 0 Å². The number of aromatic nitrogens is 3. The summed E-state index contributed by atoms with van der Waals surface area (Å²) in [4.78, 5) is 30.4. The van der Waals surface area contributed by atoms with Crippen LogP contribution in [0.3, 0.4) is 0 Å². The lowest BCUT2D eigenvalue weighted by Gasteiger charge is -2.37. The van der Waals surface area contributed by atoms with Crippen LogP contribution in [-0.4, -0.2) is 45.7 Å². The van der Waals surface area contributed by atoms with Gasteiger partial charge < -0.3 is 10.2 Å². The highest BCUT2D eigenvalue weighted by atomic mass is 16.2. The molecule has 24 heavy (non-hydrogen) atoms. The SMILES string of the molecule is O=C1NCC(c2cc(N3CCC4CCC43)c3nccn3n2)C(=O)N1. The highest BCUT2D eigenvalue weighted by Gasteiger charge is 2.42. The summed E-state index contributed by atoms with van der Waals surface area (Å²) in [6, 6.07) is 2.11. The van der Waals surface area contributed by atoms with Crippen LogP contribution in [0.2, 0.25) is 0 Å². The summed E-state index contributed by atoms with van der Waals surface area (Å²) in [6.45, 7) is 1.29. The van der Waals surface area contributed by atoms with Gasteiger partial charge in [-0.3, -0.25) is 10.1 Å². The Labute approximate surface area is 138 Å². The molecule has 3 aliphatic rings. The number of nitrogens with one attached hydrogen (secondary N) is 2. The fraction of sp³-hybridized carbons (Fsp3) is 0.500. The molecule has 2 saturated heterocycles. The quantitative estimate of drug-likeness (QED) is 0.845. The Balaban J connectivity index is 1.58. The lowest BCUT2D eigenvalue weighted by molar-refractivity contribution is -0.122. The minimum absolute atomic E-state index is 0.267. The summed E-state index contributed by atoms with van der Waals surface area (Å²) >= 11 is 0. The number of nitrogens with zero attached hydrogens (tertiary/aromatic N) is 4. The summed E-state index contributed by atoms with van der Waals surface area (Å²) in [5, 5.41) is 9.53. The van der Waals surface area contributed by atoms with Crippen molar-refractivity contribution in [1.29, 1.82) is 0 Å². The van der Waals surface area contributed by atoms with Gasteiger partial charge in [0.1, 0.15) is 0 Å². The van der Waals surface area contributed by atoms with E-state index < -0.39 is 11.9 Å². The van der Waals surface area contributed by atoms with Crippen molar-refractivity contribution in [2.75, 3.05) is 18.0 Å². The van der Waals surface area contributed by atoms with E-state index in [1.807, 2.05) is 6.07 Å². The number of carbonyl (C=O) groups is 2. The molecular weight excluding hydrogens is 308 g/mol. The standard InChI is InChI=1S/C16H18N6O2/c23-15-10(8-18-16(24)19-15)11-7-13(14-17-4-6-22(14)20-11)21-5-3-9-1-2-12(9)21/h4,6-7,9-10,12H,1-3,5,8H2,(H2,18,19,23,24). The first-order chi connectivity index (χ1) is 11.7. The highest BCUT2D eigenvalue weighted by molar-refractivity contribution is 6.00. The van der Waals surface area contributed by atoms with Crippen molar-refractivity contribution in [1.82, 2.24) is 25.2 Å². The normalized spacial score (nSPS) is 29.2. The van der Waals surface area contributed by atoms with Crippen molar-refractivity contribution in [3.05, 3.63) is 24.2 Å². The Morgan fingerprint density at radius 1 is 1.21 bits per heavy atom. The van der Waals surface area contributed by atoms with Crippen LogP contribution in [0.4, 0.5) is 10.5 Å². The zero-order valence-electron chi connectivity index (χ0n) is 13.1. The molecule has 0 bridgehead atoms. The summed E-state index contributed by atoms with van der Waals surface area (Å²) < 4.78 is 1.74. The molecule has 2 N–H and O–H groups in total. The van der Waals surface area contributed by atoms with Gasteiger partial charge in [-0.15, -0.1) is 0 Å². The second-order valence-corrected chi connectivity index (χ2v) is 6.79. The van der Waals surface area contributed by atoms with Crippen molar-refractivity contribution < 1.29 is 9.59 Å². The average molecular weight is 326 g/mol. The first-order valence-electron chi connectivity index (χ1n) is 8.40. The second-order valence-electron chi connectivity index (χ2n) is 6.79. The number of rotatable bonds is 2. The van der Waals surface area contributed by atoms with Gasteiger partial charge in [-0.2, -0.15) is 5.10 Å². The van der Waals surface area contributed by atoms with Crippen LogP contribution in [0, 0.1) is 5.92 Å². The molecule has 4 heterocycles. The lowest BCUT2D eigenvalue weighted by Crippen LogP contribution is -2.51. The molecule has 2 aromatic rings. The third kappa shape index (κ3) is 1.92. The zero-order chi connectivity index (χ0) is 16.3. The molecule has 3 atom stereocenters. The van der Waals surface area contributed by atoms with Gasteiger partial charge >= 0.3 is 6.03 Å². The van der Waals surface area contributed by atoms with Crippen LogP contribution in [0.5, 0.6) is 0 Å². The Hall–Kier alpha value is -2.64. The van der Waals surface area contributed by atoms with Crippen LogP contribution in [0.25, 0.3) is 5.65 Å². The molecule has 1 aliphatic carbocycles. The second kappa shape index (κ2) is 4.93. The molecule has 0 spiro atoms. The minimum Gasteiger partial charge on any atom is -0.365 e. The maximum Gasteiger partial charge on any atom is 0.321 e. The highest BCUT2D eigenvalue weighted by Crippen LogP contribution is 2.43. The van der Waals surface area contributed by atoms with E-state index in [2.05, 4.69) is 25.6 Å². The summed E-state index contributed by atoms with van der Waals surface area (Å²) in [7, 11) is 0. The molecule has 3 amide bonds. The van der Waals surface area contributed by atoms with Crippen LogP contribution in [0.1, 0.15) is 30.9 Å². The van der Waals surface area contributed by atoms with Gasteiger partial charge in [-0.05, 0) is 31.2 Å². The molecule has 3 fully saturated rings. The van der Waals surface area contributed by atoms with E-state index in [1.54, 1.807) is 16.9 Å². The van der Waals surface area contributed by atoms with E-state index in [0.717, 1.165) is 23.8 Å². The largest absolute Gasteiger partial charge is 0.365 e. The maximum atomic E-state index is 12.2. The smallest absolute Gasteiger partial charge is 0.321 e. The molecule has 8 heteroatoms. The van der Waals surface area contributed by atoms with Gasteiger partial charge in [0.15, 0.2) is 5.65 Å². The third-order valence-electron chi connectivity index (χ3n) is 5.56. The molecule has 2 aromatic heterocycles. The van der Waals surface area contributed by atoms with Gasteiger partial charge in [0, 0.05) is 31.5 Å². The summed E-state index contributed by atoms with van der Waals surface area (Å²) in [5.41, 5.74) is 2.53. The molecule has 2 aliphatic heterocycles. The number of hydrogen-bond acceptors (Lipinski definition) is 5. The first-order valence-corrected chi connectivity index (χ1v) is 8.40. The first kappa shape index (κ1) is 13.8. The number of fused-ring (bicyclic) bond motifs is 2. The van der Waals surface area contributed by atoms with Crippen molar-refractivity contribution in [3.8, 4) is 0 Å². The zero-order valence-corrected chi connectivity index (χ0v) is 13.1. The molecule has 3 unspecified atom stereocenters. The van der Waals surface area contributed by atoms with Crippen molar-refractivity contribution in [2.24, 2.45) is 5.92 Å². The number of amides is 3. The summed E-state index contributed by atoms with van der Waals surface area (Å²) in [6.07, 6.45) is 7.27. The number of urea groups is 1. The van der Waals surface area contributed by atoms with E-state index in [4.69, 9.17) is 0 Å². The molecule has 0 aromatic carbocycles. The van der Waals surface area contributed by atoms with Crippen molar-refractivity contribution >= 4 is 23.3 Å². The van der Waals surface area contributed by atoms with Gasteiger partial charge in [0.2, 0.25) is 5.91 Å². The fourth-order valence-electron chi connectivity index (χ4n) is 4.14. The summed E-state index contributed by atoms with van der Waals surface area (Å²) in [5.74, 6) is 0.00143. The molecule has 8 nitrogen and oxygen atoms in total. The van der Waals surface area contributed by atoms with Crippen LogP contribution in [-0.2, 0) is 4.79 Å². The van der Waals surface area contributed by atoms with E-state index in [1.165, 1.54) is 19.3 Å². The van der Waals surface area contributed by atoms with Gasteiger partial charge in [0.25, 0.3) is 0 Å². The number of imidazole rings is 1.